The fourth-order valence-electron chi connectivity index (χ4n) is 1.94. The highest BCUT2D eigenvalue weighted by molar-refractivity contribution is 7.89. The monoisotopic (exact) mass is 249 g/mol. The van der Waals surface area contributed by atoms with Crippen LogP contribution in [0.1, 0.15) is 26.2 Å². The SMILES string of the molecule is CCC1(C(=O)NCCS(N)(=O)=O)CCCN1. The van der Waals surface area contributed by atoms with Crippen LogP contribution in [0.5, 0.6) is 0 Å². The average Bonchev–Trinajstić information content (AvgIpc) is 2.65. The molecule has 0 aromatic rings. The van der Waals surface area contributed by atoms with Crippen molar-refractivity contribution in [2.45, 2.75) is 31.7 Å². The summed E-state index contributed by atoms with van der Waals surface area (Å²) in [6.07, 6.45) is 2.47. The molecule has 0 aromatic heterocycles. The lowest BCUT2D eigenvalue weighted by Crippen LogP contribution is -2.53. The van der Waals surface area contributed by atoms with Gasteiger partial charge in [0, 0.05) is 6.54 Å². The Bertz CT molecular complexity index is 347. The molecule has 1 rings (SSSR count). The number of hydrogen-bond donors (Lipinski definition) is 3. The van der Waals surface area contributed by atoms with Crippen LogP contribution in [-0.4, -0.2) is 38.7 Å². The first-order valence-electron chi connectivity index (χ1n) is 5.43. The molecule has 7 heteroatoms. The first kappa shape index (κ1) is 13.4. The molecule has 0 aromatic carbocycles. The Morgan fingerprint density at radius 1 is 1.56 bits per heavy atom. The van der Waals surface area contributed by atoms with E-state index in [1.807, 2.05) is 6.92 Å². The van der Waals surface area contributed by atoms with E-state index in [-0.39, 0.29) is 18.2 Å². The minimum atomic E-state index is -3.50. The maximum atomic E-state index is 11.9. The lowest BCUT2D eigenvalue weighted by molar-refractivity contribution is -0.127. The quantitative estimate of drug-likeness (QED) is 0.577. The zero-order chi connectivity index (χ0) is 12.2. The average molecular weight is 249 g/mol. The molecule has 1 fully saturated rings. The van der Waals surface area contributed by atoms with Gasteiger partial charge in [0.25, 0.3) is 0 Å². The number of rotatable bonds is 5. The third-order valence-corrected chi connectivity index (χ3v) is 3.73. The molecule has 0 bridgehead atoms. The van der Waals surface area contributed by atoms with Gasteiger partial charge >= 0.3 is 0 Å². The van der Waals surface area contributed by atoms with Crippen LogP contribution in [0.4, 0.5) is 0 Å². The van der Waals surface area contributed by atoms with Crippen molar-refractivity contribution in [3.05, 3.63) is 0 Å². The second-order valence-electron chi connectivity index (χ2n) is 4.09. The summed E-state index contributed by atoms with van der Waals surface area (Å²) >= 11 is 0. The standard InChI is InChI=1S/C9H19N3O3S/c1-2-9(4-3-5-12-9)8(13)11-6-7-16(10,14)15/h12H,2-7H2,1H3,(H,11,13)(H2,10,14,15). The van der Waals surface area contributed by atoms with Gasteiger partial charge in [-0.15, -0.1) is 0 Å². The van der Waals surface area contributed by atoms with Crippen LogP contribution in [0.3, 0.4) is 0 Å². The Morgan fingerprint density at radius 2 is 2.25 bits per heavy atom. The van der Waals surface area contributed by atoms with Crippen LogP contribution in [0, 0.1) is 0 Å². The number of primary sulfonamides is 1. The summed E-state index contributed by atoms with van der Waals surface area (Å²) in [5, 5.41) is 10.6. The van der Waals surface area contributed by atoms with Crippen molar-refractivity contribution in [1.82, 2.24) is 10.6 Å². The molecule has 6 nitrogen and oxygen atoms in total. The van der Waals surface area contributed by atoms with Crippen LogP contribution >= 0.6 is 0 Å². The molecule has 94 valence electrons. The summed E-state index contributed by atoms with van der Waals surface area (Å²) < 4.78 is 21.4. The summed E-state index contributed by atoms with van der Waals surface area (Å²) in [7, 11) is -3.50. The molecule has 0 radical (unpaired) electrons. The van der Waals surface area contributed by atoms with Crippen molar-refractivity contribution in [1.29, 1.82) is 0 Å². The van der Waals surface area contributed by atoms with E-state index in [2.05, 4.69) is 10.6 Å². The molecule has 4 N–H and O–H groups in total. The fourth-order valence-corrected chi connectivity index (χ4v) is 2.32. The van der Waals surface area contributed by atoms with Crippen molar-refractivity contribution >= 4 is 15.9 Å². The molecule has 0 saturated carbocycles. The molecule has 1 saturated heterocycles. The minimum Gasteiger partial charge on any atom is -0.353 e. The highest BCUT2D eigenvalue weighted by Crippen LogP contribution is 2.22. The van der Waals surface area contributed by atoms with Gasteiger partial charge in [0.2, 0.25) is 15.9 Å². The number of nitrogens with one attached hydrogen (secondary N) is 2. The number of sulfonamides is 1. The Morgan fingerprint density at radius 3 is 2.69 bits per heavy atom. The summed E-state index contributed by atoms with van der Waals surface area (Å²) in [5.74, 6) is -0.352. The van der Waals surface area contributed by atoms with Gasteiger partial charge in [-0.3, -0.25) is 4.79 Å². The summed E-state index contributed by atoms with van der Waals surface area (Å²) in [6.45, 7) is 2.84. The zero-order valence-corrected chi connectivity index (χ0v) is 10.3. The summed E-state index contributed by atoms with van der Waals surface area (Å²) in [5.41, 5.74) is -0.516. The van der Waals surface area contributed by atoms with Crippen LogP contribution < -0.4 is 15.8 Å². The second kappa shape index (κ2) is 5.11. The Balaban J connectivity index is 2.45. The highest BCUT2D eigenvalue weighted by atomic mass is 32.2. The van der Waals surface area contributed by atoms with Crippen molar-refractivity contribution < 1.29 is 13.2 Å². The topological polar surface area (TPSA) is 101 Å². The van der Waals surface area contributed by atoms with E-state index in [0.29, 0.717) is 6.42 Å². The summed E-state index contributed by atoms with van der Waals surface area (Å²) in [4.78, 5) is 11.9. The molecule has 0 spiro atoms. The van der Waals surface area contributed by atoms with Crippen molar-refractivity contribution in [2.75, 3.05) is 18.8 Å². The highest BCUT2D eigenvalue weighted by Gasteiger charge is 2.38. The first-order chi connectivity index (χ1) is 7.40. The van der Waals surface area contributed by atoms with Gasteiger partial charge in [0.1, 0.15) is 0 Å². The number of carbonyl (C=O) groups is 1. The fraction of sp³-hybridized carbons (Fsp3) is 0.889. The lowest BCUT2D eigenvalue weighted by atomic mass is 9.93. The molecule has 1 unspecified atom stereocenters. The van der Waals surface area contributed by atoms with Crippen LogP contribution in [-0.2, 0) is 14.8 Å². The predicted octanol–water partition coefficient (Wildman–Crippen LogP) is -1.08. The van der Waals surface area contributed by atoms with Gasteiger partial charge in [-0.1, -0.05) is 6.92 Å². The van der Waals surface area contributed by atoms with E-state index in [0.717, 1.165) is 19.4 Å². The van der Waals surface area contributed by atoms with E-state index < -0.39 is 15.6 Å². The smallest absolute Gasteiger partial charge is 0.240 e. The maximum Gasteiger partial charge on any atom is 0.240 e. The number of hydrogen-bond acceptors (Lipinski definition) is 4. The van der Waals surface area contributed by atoms with E-state index in [9.17, 15) is 13.2 Å². The molecule has 1 aliphatic heterocycles. The minimum absolute atomic E-state index is 0.0705. The molecule has 1 amide bonds. The third kappa shape index (κ3) is 3.43. The molecule has 1 aliphatic rings. The van der Waals surface area contributed by atoms with E-state index in [1.54, 1.807) is 0 Å². The van der Waals surface area contributed by atoms with Gasteiger partial charge < -0.3 is 10.6 Å². The van der Waals surface area contributed by atoms with Crippen molar-refractivity contribution in [3.8, 4) is 0 Å². The normalized spacial score (nSPS) is 25.6. The van der Waals surface area contributed by atoms with Gasteiger partial charge in [-0.2, -0.15) is 0 Å². The first-order valence-corrected chi connectivity index (χ1v) is 7.15. The van der Waals surface area contributed by atoms with Crippen molar-refractivity contribution in [2.24, 2.45) is 5.14 Å². The molecule has 16 heavy (non-hydrogen) atoms. The zero-order valence-electron chi connectivity index (χ0n) is 9.45. The molecular formula is C9H19N3O3S. The van der Waals surface area contributed by atoms with Gasteiger partial charge in [0.15, 0.2) is 0 Å². The van der Waals surface area contributed by atoms with E-state index >= 15 is 0 Å². The van der Waals surface area contributed by atoms with Crippen molar-refractivity contribution in [3.63, 3.8) is 0 Å². The number of nitrogens with two attached hydrogens (primary N) is 1. The Hall–Kier alpha value is -0.660. The lowest BCUT2D eigenvalue weighted by Gasteiger charge is -2.26. The van der Waals surface area contributed by atoms with Gasteiger partial charge in [0.05, 0.1) is 11.3 Å². The van der Waals surface area contributed by atoms with E-state index in [1.165, 1.54) is 0 Å². The maximum absolute atomic E-state index is 11.9. The third-order valence-electron chi connectivity index (χ3n) is 2.95. The summed E-state index contributed by atoms with van der Waals surface area (Å²) in [6, 6.07) is 0. The molecule has 1 heterocycles. The predicted molar refractivity (Wildman–Crippen MR) is 61.2 cm³/mol. The largest absolute Gasteiger partial charge is 0.353 e. The number of amides is 1. The van der Waals surface area contributed by atoms with Crippen LogP contribution in [0.25, 0.3) is 0 Å². The molecule has 0 aliphatic carbocycles. The Kier molecular flexibility index (Phi) is 4.28. The Labute approximate surface area is 96.0 Å². The van der Waals surface area contributed by atoms with Crippen LogP contribution in [0.15, 0.2) is 0 Å². The molecular weight excluding hydrogens is 230 g/mol. The number of carbonyl (C=O) groups excluding carboxylic acids is 1. The van der Waals surface area contributed by atoms with E-state index in [4.69, 9.17) is 5.14 Å². The molecule has 1 atom stereocenters. The second-order valence-corrected chi connectivity index (χ2v) is 5.82. The van der Waals surface area contributed by atoms with Gasteiger partial charge in [-0.25, -0.2) is 13.6 Å². The van der Waals surface area contributed by atoms with Gasteiger partial charge in [-0.05, 0) is 25.8 Å². The van der Waals surface area contributed by atoms with Crippen LogP contribution in [0.2, 0.25) is 0 Å².